The minimum Gasteiger partial charge on any atom is -1.00 e. The molecular weight excluding hydrogens is 971 g/mol. The van der Waals surface area contributed by atoms with Crippen molar-refractivity contribution in [3.63, 3.8) is 0 Å². The van der Waals surface area contributed by atoms with Crippen LogP contribution in [-0.4, -0.2) is 92.9 Å². The lowest BCUT2D eigenvalue weighted by molar-refractivity contribution is -0.929. The van der Waals surface area contributed by atoms with Crippen LogP contribution in [0.2, 0.25) is 0 Å². The van der Waals surface area contributed by atoms with Gasteiger partial charge in [0.15, 0.2) is 0 Å². The zero-order valence-electron chi connectivity index (χ0n) is 37.6. The molecule has 0 atom stereocenters. The normalized spacial score (nSPS) is 10.9. The quantitative estimate of drug-likeness (QED) is 0.0502. The monoisotopic (exact) mass is 1040 g/mol. The summed E-state index contributed by atoms with van der Waals surface area (Å²) in [6, 6.07) is 15.8. The number of amides is 6. The van der Waals surface area contributed by atoms with E-state index in [4.69, 9.17) is 0 Å². The number of carbonyl (C=O) groups is 3. The molecule has 0 aliphatic carbocycles. The van der Waals surface area contributed by atoms with Gasteiger partial charge < -0.3 is 41.1 Å². The number of aryl methyl sites for hydroxylation is 3. The fraction of sp³-hybridized carbons (Fsp3) is 0.543. The van der Waals surface area contributed by atoms with Crippen LogP contribution < -0.4 is 36.6 Å². The first-order valence-corrected chi connectivity index (χ1v) is 24.1. The summed E-state index contributed by atoms with van der Waals surface area (Å²) in [5, 5.41) is 17.1. The van der Waals surface area contributed by atoms with E-state index in [1.54, 1.807) is 0 Å². The summed E-state index contributed by atoms with van der Waals surface area (Å²) in [5.41, 5.74) is 5.14. The number of carbonyl (C=O) groups excluding carboxylic acids is 3. The van der Waals surface area contributed by atoms with E-state index in [2.05, 4.69) is 112 Å². The zero-order valence-corrected chi connectivity index (χ0v) is 42.3. The van der Waals surface area contributed by atoms with Gasteiger partial charge in [-0.2, -0.15) is 0 Å². The summed E-state index contributed by atoms with van der Waals surface area (Å²) >= 11 is 10.4. The molecule has 3 aromatic rings. The Morgan fingerprint density at radius 1 is 0.492 bits per heavy atom. The number of anilines is 3. The molecule has 6 amide bonds. The van der Waals surface area contributed by atoms with Crippen LogP contribution in [0, 0.1) is 20.8 Å². The fourth-order valence-corrected chi connectivity index (χ4v) is 7.40. The third-order valence-corrected chi connectivity index (χ3v) is 13.0. The van der Waals surface area contributed by atoms with Crippen molar-refractivity contribution in [2.45, 2.75) is 99.8 Å². The van der Waals surface area contributed by atoms with Gasteiger partial charge in [-0.15, -0.1) is 0 Å². The highest BCUT2D eigenvalue weighted by Crippen LogP contribution is 2.22. The van der Waals surface area contributed by atoms with E-state index in [0.29, 0.717) is 56.3 Å². The molecule has 0 fully saturated rings. The number of nitrogens with one attached hydrogen (secondary N) is 6. The molecule has 6 N–H and O–H groups in total. The molecule has 15 heteroatoms. The van der Waals surface area contributed by atoms with E-state index in [-0.39, 0.29) is 22.8 Å². The minimum absolute atomic E-state index is 0. The van der Waals surface area contributed by atoms with Gasteiger partial charge in [-0.3, -0.25) is 4.90 Å². The summed E-state index contributed by atoms with van der Waals surface area (Å²) in [7, 11) is 0. The van der Waals surface area contributed by atoms with Crippen molar-refractivity contribution in [1.29, 1.82) is 0 Å². The molecule has 0 unspecified atom stereocenters. The van der Waals surface area contributed by atoms with E-state index in [1.165, 1.54) is 82.0 Å². The average molecular weight is 1040 g/mol. The van der Waals surface area contributed by atoms with Crippen molar-refractivity contribution in [3.8, 4) is 0 Å². The van der Waals surface area contributed by atoms with Crippen LogP contribution in [0.4, 0.5) is 31.4 Å². The van der Waals surface area contributed by atoms with Gasteiger partial charge in [0.05, 0.1) is 26.2 Å². The Labute approximate surface area is 391 Å². The van der Waals surface area contributed by atoms with Gasteiger partial charge >= 0.3 is 18.1 Å². The minimum atomic E-state index is -0.314. The maximum absolute atomic E-state index is 12.4. The van der Waals surface area contributed by atoms with Gasteiger partial charge in [-0.25, -0.2) is 14.4 Å². The van der Waals surface area contributed by atoms with E-state index in [0.717, 1.165) is 30.1 Å². The van der Waals surface area contributed by atoms with Crippen molar-refractivity contribution >= 4 is 82.9 Å². The van der Waals surface area contributed by atoms with Gasteiger partial charge in [0.25, 0.3) is 0 Å². The summed E-state index contributed by atoms with van der Waals surface area (Å²) in [4.78, 5) is 39.4. The second-order valence-corrected chi connectivity index (χ2v) is 18.1. The molecule has 0 saturated carbocycles. The molecule has 0 radical (unpaired) electrons. The average Bonchev–Trinajstić information content (AvgIpc) is 3.21. The molecule has 0 aliphatic rings. The lowest BCUT2D eigenvalue weighted by Crippen LogP contribution is -3.00. The second kappa shape index (κ2) is 31.6. The summed E-state index contributed by atoms with van der Waals surface area (Å²) in [6.07, 6.45) is 11.1. The van der Waals surface area contributed by atoms with Crippen LogP contribution in [0.1, 0.15) is 95.8 Å². The first kappa shape index (κ1) is 55.8. The van der Waals surface area contributed by atoms with Crippen LogP contribution in [0.3, 0.4) is 0 Å². The lowest BCUT2D eigenvalue weighted by Gasteiger charge is -2.39. The Morgan fingerprint density at radius 3 is 0.984 bits per heavy atom. The Kier molecular flexibility index (Phi) is 28.9. The van der Waals surface area contributed by atoms with Crippen molar-refractivity contribution in [3.05, 3.63) is 84.7 Å². The van der Waals surface area contributed by atoms with Crippen molar-refractivity contribution < 1.29 is 23.6 Å². The largest absolute Gasteiger partial charge is 1.00 e. The van der Waals surface area contributed by atoms with E-state index >= 15 is 0 Å². The van der Waals surface area contributed by atoms with Crippen LogP contribution in [0.15, 0.2) is 68.0 Å². The molecule has 0 bridgehead atoms. The molecule has 0 saturated heterocycles. The third kappa shape index (κ3) is 23.1. The molecule has 0 aliphatic heterocycles. The zero-order chi connectivity index (χ0) is 44.3. The molecule has 0 aromatic heterocycles. The fourth-order valence-electron chi connectivity index (χ4n) is 6.66. The third-order valence-electron chi connectivity index (χ3n) is 10.3. The molecule has 342 valence electrons. The van der Waals surface area contributed by atoms with Crippen molar-refractivity contribution in [2.75, 3.05) is 81.4 Å². The highest BCUT2D eigenvalue weighted by Gasteiger charge is 2.24. The number of halogens is 4. The Morgan fingerprint density at radius 2 is 0.754 bits per heavy atom. The highest BCUT2D eigenvalue weighted by molar-refractivity contribution is 9.11. The van der Waals surface area contributed by atoms with Crippen LogP contribution in [0.5, 0.6) is 0 Å². The van der Waals surface area contributed by atoms with E-state index in [9.17, 15) is 14.4 Å². The molecule has 11 nitrogen and oxygen atoms in total. The Bertz CT molecular complexity index is 1540. The first-order valence-electron chi connectivity index (χ1n) is 21.7. The maximum atomic E-state index is 12.4. The van der Waals surface area contributed by atoms with E-state index in [1.807, 2.05) is 75.4 Å². The van der Waals surface area contributed by atoms with Crippen LogP contribution in [-0.2, 0) is 0 Å². The highest BCUT2D eigenvalue weighted by atomic mass is 79.9. The molecule has 3 aromatic carbocycles. The van der Waals surface area contributed by atoms with Crippen LogP contribution >= 0.6 is 47.8 Å². The SMILES string of the molecule is CCCC[N+](CCCC)(CCCC)CCCC.Cc1cc(NC(=O)NCCN(CCNC(=O)Nc2ccc(Br)c(C)c2)CCNC(=O)Nc2ccc(Br)c(C)c2)ccc1Br.[F-]. The lowest BCUT2D eigenvalue weighted by atomic mass is 10.1. The number of urea groups is 3. The van der Waals surface area contributed by atoms with Gasteiger partial charge in [0.2, 0.25) is 0 Å². The second-order valence-electron chi connectivity index (χ2n) is 15.5. The van der Waals surface area contributed by atoms with Crippen molar-refractivity contribution in [2.24, 2.45) is 0 Å². The first-order chi connectivity index (χ1) is 28.7. The summed E-state index contributed by atoms with van der Waals surface area (Å²) < 4.78 is 4.33. The maximum Gasteiger partial charge on any atom is 0.319 e. The number of rotatable bonds is 24. The van der Waals surface area contributed by atoms with Crippen LogP contribution in [0.25, 0.3) is 0 Å². The molecule has 3 rings (SSSR count). The molecule has 61 heavy (non-hydrogen) atoms. The van der Waals surface area contributed by atoms with Gasteiger partial charge in [-0.1, -0.05) is 101 Å². The number of quaternary nitrogens is 1. The van der Waals surface area contributed by atoms with Crippen molar-refractivity contribution in [1.82, 2.24) is 20.9 Å². The predicted molar refractivity (Wildman–Crippen MR) is 264 cm³/mol. The number of nitrogens with zero attached hydrogens (tertiary/aromatic N) is 2. The van der Waals surface area contributed by atoms with Gasteiger partial charge in [0, 0.05) is 69.7 Å². The standard InChI is InChI=1S/C30H36Br3N7O3.C16H36N.FH/c1-19-16-22(4-7-25(19)31)37-28(41)34-10-13-40(14-11-35-29(42)38-23-5-8-26(32)20(2)17-23)15-12-36-30(43)39-24-6-9-27(33)21(3)18-24;1-5-9-13-17(14-10-6-2,15-11-7-3)16-12-8-4;/h4-9,16-18H,10-15H2,1-3H3,(H2,34,37,41)(H2,35,38,42)(H2,36,39,43);5-16H2,1-4H3;1H/q;+1;/p-1. The molecule has 0 heterocycles. The van der Waals surface area contributed by atoms with E-state index < -0.39 is 0 Å². The molecular formula is C46H72Br3FN8O3. The number of hydrogen-bond acceptors (Lipinski definition) is 4. The number of hydrogen-bond donors (Lipinski definition) is 6. The van der Waals surface area contributed by atoms with Gasteiger partial charge in [-0.05, 0) is 118 Å². The smallest absolute Gasteiger partial charge is 0.319 e. The Balaban J connectivity index is 0.000000873. The number of benzene rings is 3. The number of unbranched alkanes of at least 4 members (excludes halogenated alkanes) is 4. The summed E-state index contributed by atoms with van der Waals surface area (Å²) in [5.74, 6) is 0. The predicted octanol–water partition coefficient (Wildman–Crippen LogP) is 8.97. The topological polar surface area (TPSA) is 127 Å². The summed E-state index contributed by atoms with van der Waals surface area (Å²) in [6.45, 7) is 23.5. The van der Waals surface area contributed by atoms with Gasteiger partial charge in [0.1, 0.15) is 0 Å². The Hall–Kier alpha value is -3.24. The molecule has 0 spiro atoms.